The van der Waals surface area contributed by atoms with Gasteiger partial charge < -0.3 is 5.73 Å². The molecule has 0 heterocycles. The molecule has 1 rings (SSSR count). The van der Waals surface area contributed by atoms with E-state index in [0.717, 1.165) is 0 Å². The van der Waals surface area contributed by atoms with E-state index in [1.165, 1.54) is 0 Å². The largest absolute Gasteiger partial charge is 0.320 e. The average molecular weight is 280 g/mol. The van der Waals surface area contributed by atoms with Gasteiger partial charge >= 0.3 is 0 Å². The van der Waals surface area contributed by atoms with Crippen LogP contribution >= 0.6 is 0 Å². The molecule has 0 aliphatic heterocycles. The predicted octanol–water partition coefficient (Wildman–Crippen LogP) is 1.24. The highest BCUT2D eigenvalue weighted by Crippen LogP contribution is 2.16. The Bertz CT molecular complexity index is 596. The van der Waals surface area contributed by atoms with Gasteiger partial charge in [0.15, 0.2) is 0 Å². The van der Waals surface area contributed by atoms with Crippen molar-refractivity contribution in [2.24, 2.45) is 11.7 Å². The van der Waals surface area contributed by atoms with E-state index in [2.05, 4.69) is 16.6 Å². The zero-order chi connectivity index (χ0) is 14.5. The van der Waals surface area contributed by atoms with E-state index >= 15 is 0 Å². The molecule has 0 saturated heterocycles. The standard InChI is InChI=1S/C14H20N2O2S/c1-11(2)10-16-19(17,18)14-9-13(5-4-8-15)7-6-12(14)3/h6-7,9,11,16H,8,10,15H2,1-3H3. The summed E-state index contributed by atoms with van der Waals surface area (Å²) in [5.74, 6) is 5.82. The second-order valence-electron chi connectivity index (χ2n) is 4.73. The average Bonchev–Trinajstić information content (AvgIpc) is 2.35. The number of nitrogens with one attached hydrogen (secondary N) is 1. The van der Waals surface area contributed by atoms with E-state index in [4.69, 9.17) is 5.73 Å². The molecule has 0 bridgehead atoms. The zero-order valence-corrected chi connectivity index (χ0v) is 12.3. The molecule has 0 atom stereocenters. The molecule has 0 unspecified atom stereocenters. The van der Waals surface area contributed by atoms with E-state index in [1.54, 1.807) is 25.1 Å². The van der Waals surface area contributed by atoms with E-state index < -0.39 is 10.0 Å². The quantitative estimate of drug-likeness (QED) is 0.815. The van der Waals surface area contributed by atoms with E-state index in [1.807, 2.05) is 13.8 Å². The van der Waals surface area contributed by atoms with Gasteiger partial charge in [-0.25, -0.2) is 13.1 Å². The first-order valence-electron chi connectivity index (χ1n) is 6.16. The van der Waals surface area contributed by atoms with Crippen molar-refractivity contribution in [2.45, 2.75) is 25.7 Å². The summed E-state index contributed by atoms with van der Waals surface area (Å²) in [5, 5.41) is 0. The smallest absolute Gasteiger partial charge is 0.240 e. The van der Waals surface area contributed by atoms with Crippen LogP contribution in [0, 0.1) is 24.7 Å². The highest BCUT2D eigenvalue weighted by molar-refractivity contribution is 7.89. The van der Waals surface area contributed by atoms with Gasteiger partial charge in [0.05, 0.1) is 11.4 Å². The van der Waals surface area contributed by atoms with Gasteiger partial charge in [0.1, 0.15) is 0 Å². The minimum Gasteiger partial charge on any atom is -0.320 e. The van der Waals surface area contributed by atoms with Crippen molar-refractivity contribution in [1.29, 1.82) is 0 Å². The maximum atomic E-state index is 12.2. The van der Waals surface area contributed by atoms with Gasteiger partial charge in [-0.3, -0.25) is 0 Å². The molecule has 0 spiro atoms. The first-order valence-corrected chi connectivity index (χ1v) is 7.64. The maximum Gasteiger partial charge on any atom is 0.240 e. The highest BCUT2D eigenvalue weighted by atomic mass is 32.2. The normalized spacial score (nSPS) is 11.2. The second-order valence-corrected chi connectivity index (χ2v) is 6.47. The summed E-state index contributed by atoms with van der Waals surface area (Å²) in [7, 11) is -3.48. The molecule has 0 aliphatic rings. The molecule has 3 N–H and O–H groups in total. The third-order valence-electron chi connectivity index (χ3n) is 2.49. The van der Waals surface area contributed by atoms with E-state index in [0.29, 0.717) is 17.7 Å². The summed E-state index contributed by atoms with van der Waals surface area (Å²) < 4.78 is 27.0. The molecule has 0 aromatic heterocycles. The van der Waals surface area contributed by atoms with Gasteiger partial charge in [0, 0.05) is 12.1 Å². The second kappa shape index (κ2) is 6.71. The molecule has 4 nitrogen and oxygen atoms in total. The Morgan fingerprint density at radius 2 is 2.05 bits per heavy atom. The fourth-order valence-electron chi connectivity index (χ4n) is 1.47. The van der Waals surface area contributed by atoms with Crippen LogP contribution in [-0.4, -0.2) is 21.5 Å². The molecular formula is C14H20N2O2S. The van der Waals surface area contributed by atoms with Crippen LogP contribution in [0.4, 0.5) is 0 Å². The lowest BCUT2D eigenvalue weighted by molar-refractivity contribution is 0.559. The first-order chi connectivity index (χ1) is 8.86. The number of aryl methyl sites for hydroxylation is 1. The molecule has 0 saturated carbocycles. The van der Waals surface area contributed by atoms with Gasteiger partial charge in [-0.2, -0.15) is 0 Å². The van der Waals surface area contributed by atoms with Gasteiger partial charge in [-0.1, -0.05) is 31.8 Å². The van der Waals surface area contributed by atoms with Crippen LogP contribution in [0.15, 0.2) is 23.1 Å². The van der Waals surface area contributed by atoms with Gasteiger partial charge in [0.25, 0.3) is 0 Å². The molecule has 0 fully saturated rings. The van der Waals surface area contributed by atoms with Crippen LogP contribution in [-0.2, 0) is 10.0 Å². The lowest BCUT2D eigenvalue weighted by Crippen LogP contribution is -2.28. The number of hydrogen-bond donors (Lipinski definition) is 2. The van der Waals surface area contributed by atoms with Gasteiger partial charge in [-0.05, 0) is 30.5 Å². The summed E-state index contributed by atoms with van der Waals surface area (Å²) in [6, 6.07) is 5.13. The molecule has 0 amide bonds. The lowest BCUT2D eigenvalue weighted by atomic mass is 10.1. The van der Waals surface area contributed by atoms with Crippen LogP contribution in [0.3, 0.4) is 0 Å². The summed E-state index contributed by atoms with van der Waals surface area (Å²) in [5.41, 5.74) is 6.66. The topological polar surface area (TPSA) is 72.2 Å². The summed E-state index contributed by atoms with van der Waals surface area (Å²) in [4.78, 5) is 0.275. The van der Waals surface area contributed by atoms with Crippen molar-refractivity contribution in [3.05, 3.63) is 29.3 Å². The maximum absolute atomic E-state index is 12.2. The number of hydrogen-bond acceptors (Lipinski definition) is 3. The minimum atomic E-state index is -3.48. The van der Waals surface area contributed by atoms with Crippen LogP contribution in [0.2, 0.25) is 0 Å². The van der Waals surface area contributed by atoms with Crippen LogP contribution in [0.1, 0.15) is 25.0 Å². The minimum absolute atomic E-state index is 0.252. The Hall–Kier alpha value is -1.35. The number of rotatable bonds is 4. The highest BCUT2D eigenvalue weighted by Gasteiger charge is 2.17. The van der Waals surface area contributed by atoms with E-state index in [-0.39, 0.29) is 17.4 Å². The van der Waals surface area contributed by atoms with Crippen molar-refractivity contribution in [3.8, 4) is 11.8 Å². The third-order valence-corrected chi connectivity index (χ3v) is 4.06. The zero-order valence-electron chi connectivity index (χ0n) is 11.5. The monoisotopic (exact) mass is 280 g/mol. The molecular weight excluding hydrogens is 260 g/mol. The van der Waals surface area contributed by atoms with Crippen LogP contribution < -0.4 is 10.5 Å². The molecule has 5 heteroatoms. The Kier molecular flexibility index (Phi) is 5.55. The van der Waals surface area contributed by atoms with Crippen molar-refractivity contribution in [2.75, 3.05) is 13.1 Å². The molecule has 104 valence electrons. The number of nitrogens with two attached hydrogens (primary N) is 1. The first kappa shape index (κ1) is 15.7. The number of benzene rings is 1. The number of sulfonamides is 1. The molecule has 19 heavy (non-hydrogen) atoms. The molecule has 0 aliphatic carbocycles. The molecule has 0 radical (unpaired) electrons. The van der Waals surface area contributed by atoms with Gasteiger partial charge in [0.2, 0.25) is 10.0 Å². The molecule has 1 aromatic rings. The Labute approximate surface area is 115 Å². The van der Waals surface area contributed by atoms with Crippen molar-refractivity contribution < 1.29 is 8.42 Å². The summed E-state index contributed by atoms with van der Waals surface area (Å²) >= 11 is 0. The van der Waals surface area contributed by atoms with Crippen molar-refractivity contribution >= 4 is 10.0 Å². The summed E-state index contributed by atoms with van der Waals surface area (Å²) in [6.45, 7) is 6.35. The van der Waals surface area contributed by atoms with Crippen LogP contribution in [0.5, 0.6) is 0 Å². The van der Waals surface area contributed by atoms with Crippen molar-refractivity contribution in [1.82, 2.24) is 4.72 Å². The van der Waals surface area contributed by atoms with E-state index in [9.17, 15) is 8.42 Å². The Morgan fingerprint density at radius 1 is 1.37 bits per heavy atom. The Balaban J connectivity index is 3.11. The van der Waals surface area contributed by atoms with Gasteiger partial charge in [-0.15, -0.1) is 0 Å². The predicted molar refractivity (Wildman–Crippen MR) is 77.1 cm³/mol. The SMILES string of the molecule is Cc1ccc(C#CCN)cc1S(=O)(=O)NCC(C)C. The lowest BCUT2D eigenvalue weighted by Gasteiger charge is -2.11. The Morgan fingerprint density at radius 3 is 2.63 bits per heavy atom. The fourth-order valence-corrected chi connectivity index (χ4v) is 2.96. The fraction of sp³-hybridized carbons (Fsp3) is 0.429. The third kappa shape index (κ3) is 4.67. The van der Waals surface area contributed by atoms with Crippen molar-refractivity contribution in [3.63, 3.8) is 0 Å². The molecule has 1 aromatic carbocycles. The summed E-state index contributed by atoms with van der Waals surface area (Å²) in [6.07, 6.45) is 0. The van der Waals surface area contributed by atoms with Crippen LogP contribution in [0.25, 0.3) is 0 Å².